The number of Topliss-reactive ketones (excluding diaryl/α,β-unsaturated/α-hetero) is 1. The number of amides is 2. The van der Waals surface area contributed by atoms with Crippen molar-refractivity contribution in [3.8, 4) is 11.5 Å². The number of primary amides is 1. The molecule has 0 fully saturated rings. The number of nitrogens with zero attached hydrogens (tertiary/aromatic N) is 1. The molecule has 9 nitrogen and oxygen atoms in total. The van der Waals surface area contributed by atoms with E-state index in [9.17, 15) is 14.4 Å². The number of ether oxygens (including phenoxy) is 3. The summed E-state index contributed by atoms with van der Waals surface area (Å²) in [5.41, 5.74) is 8.80. The van der Waals surface area contributed by atoms with Crippen LogP contribution in [0, 0.1) is 0 Å². The highest BCUT2D eigenvalue weighted by molar-refractivity contribution is 6.44. The van der Waals surface area contributed by atoms with Crippen molar-refractivity contribution in [3.63, 3.8) is 0 Å². The Labute approximate surface area is 239 Å². The fourth-order valence-corrected chi connectivity index (χ4v) is 4.61. The second kappa shape index (κ2) is 12.6. The standard InChI is InChI=1S/C32H35N3O6/c1-32(2,3)41-31(38)34-17-16-24-25(19-21-9-6-5-7-10-21)35-18-8-11-26(28(35)27(24)29(36)30(33)37)40-20-22-12-14-23(39-4)15-13-22/h5-15,18H,16-17,19-20H2,1-4H3,(H2,33,37)(H,34,38). The predicted octanol–water partition coefficient (Wildman–Crippen LogP) is 4.85. The number of methoxy groups -OCH3 is 1. The molecule has 9 heteroatoms. The second-order valence-electron chi connectivity index (χ2n) is 10.6. The molecule has 4 rings (SSSR count). The van der Waals surface area contributed by atoms with Gasteiger partial charge in [0.05, 0.1) is 18.2 Å². The second-order valence-corrected chi connectivity index (χ2v) is 10.6. The molecule has 0 aliphatic rings. The summed E-state index contributed by atoms with van der Waals surface area (Å²) in [7, 11) is 1.60. The van der Waals surface area contributed by atoms with Gasteiger partial charge < -0.3 is 29.7 Å². The zero-order chi connectivity index (χ0) is 29.6. The fraction of sp³-hybridized carbons (Fsp3) is 0.281. The number of fused-ring (bicyclic) bond motifs is 1. The molecule has 2 aromatic heterocycles. The number of nitrogens with one attached hydrogen (secondary N) is 1. The molecule has 0 saturated heterocycles. The van der Waals surface area contributed by atoms with Crippen LogP contribution in [0.1, 0.15) is 53.5 Å². The van der Waals surface area contributed by atoms with Crippen LogP contribution in [-0.4, -0.2) is 41.4 Å². The zero-order valence-corrected chi connectivity index (χ0v) is 23.7. The summed E-state index contributed by atoms with van der Waals surface area (Å²) in [4.78, 5) is 38.0. The summed E-state index contributed by atoms with van der Waals surface area (Å²) in [6.07, 6.45) is 1.99. The number of carbonyl (C=O) groups is 3. The Morgan fingerprint density at radius 3 is 2.27 bits per heavy atom. The average molecular weight is 558 g/mol. The van der Waals surface area contributed by atoms with Gasteiger partial charge >= 0.3 is 6.09 Å². The largest absolute Gasteiger partial charge is 0.497 e. The van der Waals surface area contributed by atoms with Gasteiger partial charge in [0.2, 0.25) is 0 Å². The first-order chi connectivity index (χ1) is 19.6. The van der Waals surface area contributed by atoms with Gasteiger partial charge in [-0.05, 0) is 68.1 Å². The van der Waals surface area contributed by atoms with Gasteiger partial charge in [-0.2, -0.15) is 0 Å². The highest BCUT2D eigenvalue weighted by atomic mass is 16.6. The molecule has 2 aromatic carbocycles. The maximum atomic E-state index is 13.4. The average Bonchev–Trinajstić information content (AvgIpc) is 3.24. The number of nitrogens with two attached hydrogens (primary N) is 1. The van der Waals surface area contributed by atoms with Crippen LogP contribution in [-0.2, 0) is 29.0 Å². The van der Waals surface area contributed by atoms with Gasteiger partial charge in [0.15, 0.2) is 0 Å². The molecule has 0 aliphatic carbocycles. The van der Waals surface area contributed by atoms with Crippen LogP contribution in [0.4, 0.5) is 4.79 Å². The van der Waals surface area contributed by atoms with E-state index in [1.165, 1.54) is 0 Å². The van der Waals surface area contributed by atoms with Crippen molar-refractivity contribution in [1.29, 1.82) is 0 Å². The highest BCUT2D eigenvalue weighted by Gasteiger charge is 2.28. The Kier molecular flexibility index (Phi) is 8.97. The third-order valence-corrected chi connectivity index (χ3v) is 6.40. The number of rotatable bonds is 11. The first kappa shape index (κ1) is 29.2. The van der Waals surface area contributed by atoms with Gasteiger partial charge in [0.1, 0.15) is 23.7 Å². The number of hydrogen-bond acceptors (Lipinski definition) is 6. The molecule has 0 spiro atoms. The highest BCUT2D eigenvalue weighted by Crippen LogP contribution is 2.33. The van der Waals surface area contributed by atoms with Gasteiger partial charge in [-0.15, -0.1) is 0 Å². The number of ketones is 1. The molecular weight excluding hydrogens is 522 g/mol. The molecular formula is C32H35N3O6. The third-order valence-electron chi connectivity index (χ3n) is 6.40. The normalized spacial score (nSPS) is 11.2. The van der Waals surface area contributed by atoms with Crippen LogP contribution >= 0.6 is 0 Å². The van der Waals surface area contributed by atoms with E-state index in [1.807, 2.05) is 71.3 Å². The summed E-state index contributed by atoms with van der Waals surface area (Å²) in [5, 5.41) is 2.75. The molecule has 0 atom stereocenters. The molecule has 2 amide bonds. The van der Waals surface area contributed by atoms with Crippen LogP contribution in [0.3, 0.4) is 0 Å². The van der Waals surface area contributed by atoms with Crippen molar-refractivity contribution in [1.82, 2.24) is 9.72 Å². The molecule has 2 heterocycles. The lowest BCUT2D eigenvalue weighted by Crippen LogP contribution is -2.34. The lowest BCUT2D eigenvalue weighted by Gasteiger charge is -2.19. The maximum absolute atomic E-state index is 13.4. The van der Waals surface area contributed by atoms with E-state index in [0.29, 0.717) is 23.3 Å². The molecule has 0 unspecified atom stereocenters. The maximum Gasteiger partial charge on any atom is 0.407 e. The van der Waals surface area contributed by atoms with Crippen molar-refractivity contribution < 1.29 is 28.6 Å². The lowest BCUT2D eigenvalue weighted by molar-refractivity contribution is -0.114. The first-order valence-electron chi connectivity index (χ1n) is 13.3. The van der Waals surface area contributed by atoms with E-state index in [0.717, 1.165) is 22.6 Å². The Hall–Kier alpha value is -4.79. The van der Waals surface area contributed by atoms with Gasteiger partial charge in [-0.1, -0.05) is 42.5 Å². The van der Waals surface area contributed by atoms with Gasteiger partial charge in [0, 0.05) is 24.9 Å². The first-order valence-corrected chi connectivity index (χ1v) is 13.3. The van der Waals surface area contributed by atoms with Gasteiger partial charge in [-0.25, -0.2) is 4.79 Å². The zero-order valence-electron chi connectivity index (χ0n) is 23.7. The molecule has 0 radical (unpaired) electrons. The Morgan fingerprint density at radius 1 is 0.927 bits per heavy atom. The predicted molar refractivity (Wildman–Crippen MR) is 155 cm³/mol. The van der Waals surface area contributed by atoms with Crippen LogP contribution in [0.25, 0.3) is 5.52 Å². The number of alkyl carbamates (subject to hydrolysis) is 1. The van der Waals surface area contributed by atoms with Crippen molar-refractivity contribution in [2.75, 3.05) is 13.7 Å². The molecule has 214 valence electrons. The number of pyridine rings is 1. The summed E-state index contributed by atoms with van der Waals surface area (Å²) >= 11 is 0. The topological polar surface area (TPSA) is 121 Å². The van der Waals surface area contributed by atoms with E-state index in [2.05, 4.69) is 5.32 Å². The number of hydrogen-bond donors (Lipinski definition) is 2. The molecule has 3 N–H and O–H groups in total. The number of benzene rings is 2. The molecule has 41 heavy (non-hydrogen) atoms. The molecule has 0 aliphatic heterocycles. The van der Waals surface area contributed by atoms with E-state index in [1.54, 1.807) is 33.9 Å². The minimum absolute atomic E-state index is 0.166. The minimum Gasteiger partial charge on any atom is -0.497 e. The van der Waals surface area contributed by atoms with Crippen molar-refractivity contribution in [2.45, 2.75) is 45.8 Å². The SMILES string of the molecule is COc1ccc(COc2cccn3c(Cc4ccccc4)c(CCNC(=O)OC(C)(C)C)c(C(=O)C(N)=O)c23)cc1. The van der Waals surface area contributed by atoms with Crippen molar-refractivity contribution in [3.05, 3.63) is 101 Å². The Morgan fingerprint density at radius 2 is 1.63 bits per heavy atom. The summed E-state index contributed by atoms with van der Waals surface area (Å²) in [5.74, 6) is -0.745. The molecule has 4 aromatic rings. The van der Waals surface area contributed by atoms with E-state index in [-0.39, 0.29) is 25.1 Å². The van der Waals surface area contributed by atoms with E-state index >= 15 is 0 Å². The number of carbonyl (C=O) groups excluding carboxylic acids is 3. The van der Waals surface area contributed by atoms with Crippen molar-refractivity contribution in [2.24, 2.45) is 5.73 Å². The van der Waals surface area contributed by atoms with Crippen LogP contribution < -0.4 is 20.5 Å². The Balaban J connectivity index is 1.78. The monoisotopic (exact) mass is 557 g/mol. The molecule has 0 bridgehead atoms. The van der Waals surface area contributed by atoms with Crippen LogP contribution in [0.15, 0.2) is 72.9 Å². The van der Waals surface area contributed by atoms with Crippen LogP contribution in [0.2, 0.25) is 0 Å². The fourth-order valence-electron chi connectivity index (χ4n) is 4.61. The van der Waals surface area contributed by atoms with Gasteiger partial charge in [-0.3, -0.25) is 9.59 Å². The quantitative estimate of drug-likeness (QED) is 0.201. The van der Waals surface area contributed by atoms with E-state index < -0.39 is 23.4 Å². The number of aromatic nitrogens is 1. The third kappa shape index (κ3) is 7.25. The van der Waals surface area contributed by atoms with E-state index in [4.69, 9.17) is 19.9 Å². The Bertz CT molecular complexity index is 1540. The summed E-state index contributed by atoms with van der Waals surface area (Å²) in [6.45, 7) is 5.74. The minimum atomic E-state index is -1.07. The smallest absolute Gasteiger partial charge is 0.407 e. The molecule has 0 saturated carbocycles. The van der Waals surface area contributed by atoms with Crippen molar-refractivity contribution >= 4 is 23.3 Å². The lowest BCUT2D eigenvalue weighted by atomic mass is 9.98. The summed E-state index contributed by atoms with van der Waals surface area (Å²) < 4.78 is 18.7. The summed E-state index contributed by atoms with van der Waals surface area (Å²) in [6, 6.07) is 20.8. The van der Waals surface area contributed by atoms with Crippen LogP contribution in [0.5, 0.6) is 11.5 Å². The van der Waals surface area contributed by atoms with Gasteiger partial charge in [0.25, 0.3) is 11.7 Å².